The molecular weight excluding hydrogens is 302 g/mol. The van der Waals surface area contributed by atoms with Crippen LogP contribution in [0.5, 0.6) is 0 Å². The fraction of sp³-hybridized carbons (Fsp3) is 0.167. The lowest BCUT2D eigenvalue weighted by atomic mass is 10.0. The zero-order valence-electron chi connectivity index (χ0n) is 13.2. The lowest BCUT2D eigenvalue weighted by molar-refractivity contribution is 0.0695. The Hall–Kier alpha value is -3.15. The van der Waals surface area contributed by atoms with Crippen molar-refractivity contribution in [1.29, 1.82) is 0 Å². The molecule has 0 bridgehead atoms. The summed E-state index contributed by atoms with van der Waals surface area (Å²) in [7, 11) is 0. The first-order valence-corrected chi connectivity index (χ1v) is 7.89. The molecule has 0 spiro atoms. The van der Waals surface area contributed by atoms with E-state index in [1.807, 2.05) is 48.2 Å². The molecule has 0 saturated carbocycles. The molecular formula is C18H17N5O. The van der Waals surface area contributed by atoms with Gasteiger partial charge in [0.05, 0.1) is 17.5 Å². The van der Waals surface area contributed by atoms with Crippen molar-refractivity contribution in [1.82, 2.24) is 20.1 Å². The fourth-order valence-electron chi connectivity index (χ4n) is 3.11. The standard InChI is InChI=1S/C18H17N5O/c1-2-23-17(21-15-8-4-3-7-13(15)18(23)24)14-11-20-22-16(14)12-6-5-9-19-10-12/h3-11,17,21H,2H2,1H3,(H,20,22)/t17-/m1/s1. The van der Waals surface area contributed by atoms with Crippen molar-refractivity contribution in [2.75, 3.05) is 11.9 Å². The smallest absolute Gasteiger partial charge is 0.257 e. The molecule has 6 heteroatoms. The number of rotatable bonds is 3. The number of carbonyl (C=O) groups excluding carboxylic acids is 1. The Labute approximate surface area is 139 Å². The number of aromatic nitrogens is 3. The summed E-state index contributed by atoms with van der Waals surface area (Å²) in [6.07, 6.45) is 5.01. The van der Waals surface area contributed by atoms with Gasteiger partial charge in [-0.2, -0.15) is 5.10 Å². The topological polar surface area (TPSA) is 73.9 Å². The number of hydrogen-bond acceptors (Lipinski definition) is 4. The van der Waals surface area contributed by atoms with Gasteiger partial charge in [0.2, 0.25) is 0 Å². The van der Waals surface area contributed by atoms with Crippen LogP contribution >= 0.6 is 0 Å². The van der Waals surface area contributed by atoms with Crippen molar-refractivity contribution in [3.63, 3.8) is 0 Å². The summed E-state index contributed by atoms with van der Waals surface area (Å²) >= 11 is 0. The van der Waals surface area contributed by atoms with Crippen LogP contribution in [0.15, 0.2) is 55.0 Å². The predicted molar refractivity (Wildman–Crippen MR) is 91.3 cm³/mol. The number of pyridine rings is 1. The van der Waals surface area contributed by atoms with Gasteiger partial charge < -0.3 is 10.2 Å². The number of nitrogens with one attached hydrogen (secondary N) is 2. The number of H-pyrrole nitrogens is 1. The van der Waals surface area contributed by atoms with E-state index in [1.165, 1.54) is 0 Å². The van der Waals surface area contributed by atoms with Gasteiger partial charge in [-0.3, -0.25) is 14.9 Å². The van der Waals surface area contributed by atoms with Crippen LogP contribution in [0.25, 0.3) is 11.3 Å². The SMILES string of the molecule is CCN1C(=O)c2ccccc2N[C@H]1c1cn[nH]c1-c1cccnc1. The number of amides is 1. The van der Waals surface area contributed by atoms with Gasteiger partial charge in [-0.1, -0.05) is 12.1 Å². The summed E-state index contributed by atoms with van der Waals surface area (Å²) in [5.41, 5.74) is 4.27. The molecule has 0 radical (unpaired) electrons. The van der Waals surface area contributed by atoms with E-state index in [2.05, 4.69) is 20.5 Å². The zero-order chi connectivity index (χ0) is 16.5. The molecule has 3 heterocycles. The van der Waals surface area contributed by atoms with E-state index < -0.39 is 0 Å². The summed E-state index contributed by atoms with van der Waals surface area (Å²) in [6, 6.07) is 11.4. The van der Waals surface area contributed by atoms with E-state index in [0.717, 1.165) is 22.5 Å². The number of fused-ring (bicyclic) bond motifs is 1. The number of nitrogens with zero attached hydrogens (tertiary/aromatic N) is 3. The van der Waals surface area contributed by atoms with Crippen molar-refractivity contribution >= 4 is 11.6 Å². The second-order valence-electron chi connectivity index (χ2n) is 5.63. The third-order valence-electron chi connectivity index (χ3n) is 4.28. The normalized spacial score (nSPS) is 16.6. The molecule has 1 aliphatic rings. The average Bonchev–Trinajstić information content (AvgIpc) is 3.12. The summed E-state index contributed by atoms with van der Waals surface area (Å²) in [5.74, 6) is 0.0233. The summed E-state index contributed by atoms with van der Waals surface area (Å²) in [4.78, 5) is 18.8. The minimum atomic E-state index is -0.272. The van der Waals surface area contributed by atoms with Crippen LogP contribution in [0.3, 0.4) is 0 Å². The van der Waals surface area contributed by atoms with E-state index in [1.54, 1.807) is 18.6 Å². The Morgan fingerprint density at radius 2 is 2.04 bits per heavy atom. The van der Waals surface area contributed by atoms with Gasteiger partial charge in [0.25, 0.3) is 5.91 Å². The van der Waals surface area contributed by atoms with Gasteiger partial charge >= 0.3 is 0 Å². The van der Waals surface area contributed by atoms with Gasteiger partial charge in [0.15, 0.2) is 0 Å². The Morgan fingerprint density at radius 3 is 2.83 bits per heavy atom. The first-order valence-electron chi connectivity index (χ1n) is 7.89. The summed E-state index contributed by atoms with van der Waals surface area (Å²) < 4.78 is 0. The highest BCUT2D eigenvalue weighted by Crippen LogP contribution is 2.36. The van der Waals surface area contributed by atoms with Crippen molar-refractivity contribution in [2.45, 2.75) is 13.1 Å². The van der Waals surface area contributed by atoms with Crippen LogP contribution < -0.4 is 5.32 Å². The average molecular weight is 319 g/mol. The van der Waals surface area contributed by atoms with Gasteiger partial charge in [-0.15, -0.1) is 0 Å². The third kappa shape index (κ3) is 2.23. The maximum absolute atomic E-state index is 12.8. The van der Waals surface area contributed by atoms with Crippen molar-refractivity contribution < 1.29 is 4.79 Å². The zero-order valence-corrected chi connectivity index (χ0v) is 13.2. The van der Waals surface area contributed by atoms with Crippen LogP contribution in [-0.4, -0.2) is 32.5 Å². The molecule has 0 unspecified atom stereocenters. The fourth-order valence-corrected chi connectivity index (χ4v) is 3.11. The number of para-hydroxylation sites is 1. The lowest BCUT2D eigenvalue weighted by Gasteiger charge is -2.37. The van der Waals surface area contributed by atoms with Crippen molar-refractivity contribution in [2.24, 2.45) is 0 Å². The maximum atomic E-state index is 12.8. The van der Waals surface area contributed by atoms with Crippen LogP contribution in [0, 0.1) is 0 Å². The number of carbonyl (C=O) groups is 1. The molecule has 120 valence electrons. The first kappa shape index (κ1) is 14.4. The van der Waals surface area contributed by atoms with E-state index in [4.69, 9.17) is 0 Å². The quantitative estimate of drug-likeness (QED) is 0.778. The van der Waals surface area contributed by atoms with Crippen molar-refractivity contribution in [3.05, 3.63) is 66.1 Å². The summed E-state index contributed by atoms with van der Waals surface area (Å²) in [5, 5.41) is 10.7. The molecule has 3 aromatic rings. The predicted octanol–water partition coefficient (Wildman–Crippen LogP) is 3.06. The Balaban J connectivity index is 1.80. The molecule has 1 aliphatic heterocycles. The second kappa shape index (κ2) is 5.81. The largest absolute Gasteiger partial charge is 0.361 e. The van der Waals surface area contributed by atoms with Crippen LogP contribution in [0.4, 0.5) is 5.69 Å². The molecule has 0 aliphatic carbocycles. The van der Waals surface area contributed by atoms with Crippen LogP contribution in [0.2, 0.25) is 0 Å². The molecule has 0 saturated heterocycles. The summed E-state index contributed by atoms with van der Waals surface area (Å²) in [6.45, 7) is 2.58. The maximum Gasteiger partial charge on any atom is 0.257 e. The highest BCUT2D eigenvalue weighted by Gasteiger charge is 2.33. The third-order valence-corrected chi connectivity index (χ3v) is 4.28. The van der Waals surface area contributed by atoms with Crippen LogP contribution in [-0.2, 0) is 0 Å². The molecule has 24 heavy (non-hydrogen) atoms. The van der Waals surface area contributed by atoms with Crippen LogP contribution in [0.1, 0.15) is 29.0 Å². The molecule has 2 N–H and O–H groups in total. The molecule has 1 amide bonds. The highest BCUT2D eigenvalue weighted by molar-refractivity contribution is 6.01. The van der Waals surface area contributed by atoms with Gasteiger partial charge in [0, 0.05) is 35.8 Å². The number of aromatic amines is 1. The minimum absolute atomic E-state index is 0.0233. The highest BCUT2D eigenvalue weighted by atomic mass is 16.2. The molecule has 1 aromatic carbocycles. The second-order valence-corrected chi connectivity index (χ2v) is 5.63. The molecule has 2 aromatic heterocycles. The minimum Gasteiger partial charge on any atom is -0.361 e. The van der Waals surface area contributed by atoms with E-state index in [9.17, 15) is 4.79 Å². The van der Waals surface area contributed by atoms with E-state index in [-0.39, 0.29) is 12.1 Å². The van der Waals surface area contributed by atoms with E-state index >= 15 is 0 Å². The molecule has 0 fully saturated rings. The van der Waals surface area contributed by atoms with Crippen molar-refractivity contribution in [3.8, 4) is 11.3 Å². The molecule has 6 nitrogen and oxygen atoms in total. The molecule has 1 atom stereocenters. The molecule has 4 rings (SSSR count). The number of hydrogen-bond donors (Lipinski definition) is 2. The number of anilines is 1. The lowest BCUT2D eigenvalue weighted by Crippen LogP contribution is -2.42. The Kier molecular flexibility index (Phi) is 3.49. The van der Waals surface area contributed by atoms with Gasteiger partial charge in [0.1, 0.15) is 6.17 Å². The Morgan fingerprint density at radius 1 is 1.17 bits per heavy atom. The number of benzene rings is 1. The Bertz CT molecular complexity index is 874. The first-order chi connectivity index (χ1) is 11.8. The monoisotopic (exact) mass is 319 g/mol. The van der Waals surface area contributed by atoms with Gasteiger partial charge in [-0.05, 0) is 31.2 Å². The van der Waals surface area contributed by atoms with E-state index in [0.29, 0.717) is 12.1 Å². The van der Waals surface area contributed by atoms with Gasteiger partial charge in [-0.25, -0.2) is 0 Å².